The monoisotopic (exact) mass is 307 g/mol. The first-order chi connectivity index (χ1) is 11.1. The van der Waals surface area contributed by atoms with Crippen LogP contribution in [0.4, 0.5) is 0 Å². The molecular weight excluding hydrogens is 290 g/mol. The molecule has 0 fully saturated rings. The minimum atomic E-state index is -0.366. The van der Waals surface area contributed by atoms with Crippen LogP contribution >= 0.6 is 0 Å². The number of nitrogens with zero attached hydrogens (tertiary/aromatic N) is 1. The summed E-state index contributed by atoms with van der Waals surface area (Å²) in [7, 11) is 0. The Morgan fingerprint density at radius 1 is 1.17 bits per heavy atom. The number of aryl methyl sites for hydroxylation is 1. The number of para-hydroxylation sites is 1. The summed E-state index contributed by atoms with van der Waals surface area (Å²) in [5, 5.41) is 3.86. The number of hydrogen-bond donors (Lipinski definition) is 2. The molecule has 0 bridgehead atoms. The fourth-order valence-electron chi connectivity index (χ4n) is 2.53. The number of rotatable bonds is 4. The first kappa shape index (κ1) is 15.0. The minimum Gasteiger partial charge on any atom is -0.352 e. The maximum atomic E-state index is 12.1. The number of nitrogens with one attached hydrogen (secondary N) is 2. The van der Waals surface area contributed by atoms with Crippen LogP contribution in [0.2, 0.25) is 0 Å². The molecule has 3 rings (SSSR count). The molecule has 2 aromatic heterocycles. The molecule has 116 valence electrons. The number of hydrogen-bond acceptors (Lipinski definition) is 3. The Morgan fingerprint density at radius 3 is 2.83 bits per heavy atom. The van der Waals surface area contributed by atoms with E-state index in [9.17, 15) is 9.59 Å². The van der Waals surface area contributed by atoms with Crippen molar-refractivity contribution in [2.24, 2.45) is 0 Å². The predicted octanol–water partition coefficient (Wildman–Crippen LogP) is 2.20. The average Bonchev–Trinajstić information content (AvgIpc) is 2.55. The fourth-order valence-corrected chi connectivity index (χ4v) is 2.53. The Labute approximate surface area is 133 Å². The first-order valence-electron chi connectivity index (χ1n) is 7.46. The quantitative estimate of drug-likeness (QED) is 0.776. The van der Waals surface area contributed by atoms with Crippen LogP contribution in [-0.2, 0) is 6.42 Å². The van der Waals surface area contributed by atoms with Gasteiger partial charge in [0.25, 0.3) is 11.5 Å². The highest BCUT2D eigenvalue weighted by Crippen LogP contribution is 2.15. The predicted molar refractivity (Wildman–Crippen MR) is 89.6 cm³/mol. The number of amides is 1. The van der Waals surface area contributed by atoms with Gasteiger partial charge in [0.15, 0.2) is 0 Å². The van der Waals surface area contributed by atoms with E-state index < -0.39 is 0 Å². The van der Waals surface area contributed by atoms with Gasteiger partial charge in [-0.15, -0.1) is 0 Å². The van der Waals surface area contributed by atoms with Crippen LogP contribution in [0, 0.1) is 6.92 Å². The molecule has 0 unspecified atom stereocenters. The molecule has 2 N–H and O–H groups in total. The number of H-pyrrole nitrogens is 1. The van der Waals surface area contributed by atoms with Crippen molar-refractivity contribution < 1.29 is 4.79 Å². The molecule has 1 amide bonds. The van der Waals surface area contributed by atoms with Gasteiger partial charge in [0, 0.05) is 23.8 Å². The highest BCUT2D eigenvalue weighted by molar-refractivity contribution is 5.93. The second-order valence-corrected chi connectivity index (χ2v) is 5.38. The zero-order valence-electron chi connectivity index (χ0n) is 12.8. The standard InChI is InChI=1S/C18H17N3O2/c1-12-7-8-15(18(23)21-12)17(22)20-11-9-14-5-2-4-13-6-3-10-19-16(13)14/h2-8,10H,9,11H2,1H3,(H,20,22)(H,21,23). The van der Waals surface area contributed by atoms with E-state index in [1.807, 2.05) is 30.3 Å². The van der Waals surface area contributed by atoms with Gasteiger partial charge in [0.2, 0.25) is 0 Å². The molecule has 0 saturated heterocycles. The van der Waals surface area contributed by atoms with Gasteiger partial charge in [-0.2, -0.15) is 0 Å². The summed E-state index contributed by atoms with van der Waals surface area (Å²) in [5.41, 5.74) is 2.51. The van der Waals surface area contributed by atoms with Crippen molar-refractivity contribution in [1.82, 2.24) is 15.3 Å². The van der Waals surface area contributed by atoms with Crippen molar-refractivity contribution in [1.29, 1.82) is 0 Å². The van der Waals surface area contributed by atoms with Crippen LogP contribution in [0.25, 0.3) is 10.9 Å². The lowest BCUT2D eigenvalue weighted by Crippen LogP contribution is -2.31. The maximum absolute atomic E-state index is 12.1. The van der Waals surface area contributed by atoms with Crippen molar-refractivity contribution in [3.63, 3.8) is 0 Å². The van der Waals surface area contributed by atoms with Gasteiger partial charge in [0.05, 0.1) is 5.52 Å². The lowest BCUT2D eigenvalue weighted by Gasteiger charge is -2.07. The molecular formula is C18H17N3O2. The van der Waals surface area contributed by atoms with E-state index in [1.54, 1.807) is 25.3 Å². The molecule has 1 aromatic carbocycles. The van der Waals surface area contributed by atoms with E-state index in [0.29, 0.717) is 13.0 Å². The molecule has 5 nitrogen and oxygen atoms in total. The average molecular weight is 307 g/mol. The number of carbonyl (C=O) groups excluding carboxylic acids is 1. The molecule has 0 aliphatic rings. The van der Waals surface area contributed by atoms with Crippen LogP contribution in [0.1, 0.15) is 21.6 Å². The van der Waals surface area contributed by atoms with Crippen molar-refractivity contribution >= 4 is 16.8 Å². The van der Waals surface area contributed by atoms with Crippen molar-refractivity contribution in [3.8, 4) is 0 Å². The van der Waals surface area contributed by atoms with E-state index in [-0.39, 0.29) is 17.0 Å². The third-order valence-electron chi connectivity index (χ3n) is 3.70. The molecule has 0 aliphatic carbocycles. The Morgan fingerprint density at radius 2 is 2.00 bits per heavy atom. The lowest BCUT2D eigenvalue weighted by atomic mass is 10.1. The summed E-state index contributed by atoms with van der Waals surface area (Å²) in [4.78, 5) is 30.9. The molecule has 0 aliphatic heterocycles. The number of aromatic amines is 1. The smallest absolute Gasteiger partial charge is 0.260 e. The van der Waals surface area contributed by atoms with Crippen LogP contribution in [-0.4, -0.2) is 22.4 Å². The maximum Gasteiger partial charge on any atom is 0.260 e. The zero-order valence-corrected chi connectivity index (χ0v) is 12.8. The van der Waals surface area contributed by atoms with Gasteiger partial charge < -0.3 is 10.3 Å². The van der Waals surface area contributed by atoms with E-state index in [4.69, 9.17) is 0 Å². The Balaban J connectivity index is 1.69. The van der Waals surface area contributed by atoms with E-state index in [0.717, 1.165) is 22.2 Å². The highest BCUT2D eigenvalue weighted by Gasteiger charge is 2.10. The molecule has 5 heteroatoms. The second-order valence-electron chi connectivity index (χ2n) is 5.38. The molecule has 0 atom stereocenters. The number of benzene rings is 1. The second kappa shape index (κ2) is 6.44. The summed E-state index contributed by atoms with van der Waals surface area (Å²) in [6.45, 7) is 2.22. The van der Waals surface area contributed by atoms with Crippen molar-refractivity contribution in [2.75, 3.05) is 6.54 Å². The normalized spacial score (nSPS) is 10.7. The van der Waals surface area contributed by atoms with Gasteiger partial charge in [-0.1, -0.05) is 24.3 Å². The molecule has 0 spiro atoms. The van der Waals surface area contributed by atoms with E-state index in [2.05, 4.69) is 15.3 Å². The van der Waals surface area contributed by atoms with Gasteiger partial charge in [-0.25, -0.2) is 0 Å². The summed E-state index contributed by atoms with van der Waals surface area (Å²) < 4.78 is 0. The van der Waals surface area contributed by atoms with E-state index in [1.165, 1.54) is 0 Å². The molecule has 3 aromatic rings. The first-order valence-corrected chi connectivity index (χ1v) is 7.46. The number of fused-ring (bicyclic) bond motifs is 1. The Bertz CT molecular complexity index is 910. The molecule has 2 heterocycles. The van der Waals surface area contributed by atoms with Crippen molar-refractivity contribution in [2.45, 2.75) is 13.3 Å². The summed E-state index contributed by atoms with van der Waals surface area (Å²) in [5.74, 6) is -0.362. The van der Waals surface area contributed by atoms with Gasteiger partial charge in [-0.3, -0.25) is 14.6 Å². The van der Waals surface area contributed by atoms with E-state index >= 15 is 0 Å². The van der Waals surface area contributed by atoms with Gasteiger partial charge in [-0.05, 0) is 37.1 Å². The van der Waals surface area contributed by atoms with Crippen LogP contribution in [0.15, 0.2) is 53.5 Å². The van der Waals surface area contributed by atoms with Crippen molar-refractivity contribution in [3.05, 3.63) is 75.8 Å². The molecule has 23 heavy (non-hydrogen) atoms. The number of aromatic nitrogens is 2. The highest BCUT2D eigenvalue weighted by atomic mass is 16.2. The largest absolute Gasteiger partial charge is 0.352 e. The lowest BCUT2D eigenvalue weighted by molar-refractivity contribution is 0.0952. The topological polar surface area (TPSA) is 74.8 Å². The molecule has 0 radical (unpaired) electrons. The SMILES string of the molecule is Cc1ccc(C(=O)NCCc2cccc3cccnc23)c(=O)[nH]1. The zero-order chi connectivity index (χ0) is 16.2. The Hall–Kier alpha value is -2.95. The summed E-state index contributed by atoms with van der Waals surface area (Å²) >= 11 is 0. The summed E-state index contributed by atoms with van der Waals surface area (Å²) in [6, 6.07) is 13.2. The number of carbonyl (C=O) groups is 1. The van der Waals surface area contributed by atoms with Crippen LogP contribution in [0.5, 0.6) is 0 Å². The van der Waals surface area contributed by atoms with Crippen LogP contribution in [0.3, 0.4) is 0 Å². The number of pyridine rings is 2. The third kappa shape index (κ3) is 3.29. The minimum absolute atomic E-state index is 0.131. The van der Waals surface area contributed by atoms with Gasteiger partial charge in [0.1, 0.15) is 5.56 Å². The fraction of sp³-hybridized carbons (Fsp3) is 0.167. The third-order valence-corrected chi connectivity index (χ3v) is 3.70. The molecule has 0 saturated carbocycles. The Kier molecular flexibility index (Phi) is 4.19. The summed E-state index contributed by atoms with van der Waals surface area (Å²) in [6.07, 6.45) is 2.42. The van der Waals surface area contributed by atoms with Gasteiger partial charge >= 0.3 is 0 Å². The van der Waals surface area contributed by atoms with Crippen LogP contribution < -0.4 is 10.9 Å².